The van der Waals surface area contributed by atoms with E-state index >= 15 is 0 Å². The molecular formula is C9H16ClO7P. The van der Waals surface area contributed by atoms with Gasteiger partial charge in [-0.05, 0) is 0 Å². The van der Waals surface area contributed by atoms with E-state index in [1.807, 2.05) is 0 Å². The maximum atomic E-state index is 11.8. The van der Waals surface area contributed by atoms with Crippen LogP contribution in [0.5, 0.6) is 0 Å². The van der Waals surface area contributed by atoms with Crippen molar-refractivity contribution in [1.82, 2.24) is 0 Å². The first-order valence-corrected chi connectivity index (χ1v) is 6.49. The van der Waals surface area contributed by atoms with Crippen LogP contribution in [-0.4, -0.2) is 38.7 Å². The monoisotopic (exact) mass is 302 g/mol. The Morgan fingerprint density at radius 3 is 1.22 bits per heavy atom. The number of rotatable bonds is 12. The molecule has 0 aromatic carbocycles. The van der Waals surface area contributed by atoms with Crippen LogP contribution in [0.2, 0.25) is 0 Å². The van der Waals surface area contributed by atoms with Gasteiger partial charge in [-0.3, -0.25) is 13.6 Å². The topological polar surface area (TPSA) is 96.0 Å². The Labute approximate surface area is 111 Å². The standard InChI is InChI=1S/C9H15O7P.ClH/c10-4-1-7-14-17(13,15-8-2-5-11)16-9-3-6-12;/h4-6H,1-3,7-9H2;1H. The zero-order valence-corrected chi connectivity index (χ0v) is 11.4. The molecule has 0 bridgehead atoms. The second-order valence-electron chi connectivity index (χ2n) is 2.81. The summed E-state index contributed by atoms with van der Waals surface area (Å²) in [4.78, 5) is 30.2. The third-order valence-electron chi connectivity index (χ3n) is 1.46. The van der Waals surface area contributed by atoms with Crippen LogP contribution in [0.3, 0.4) is 0 Å². The molecule has 18 heavy (non-hydrogen) atoms. The number of aldehydes is 3. The molecule has 0 radical (unpaired) electrons. The van der Waals surface area contributed by atoms with Gasteiger partial charge >= 0.3 is 7.82 Å². The van der Waals surface area contributed by atoms with Crippen LogP contribution < -0.4 is 0 Å². The predicted molar refractivity (Wildman–Crippen MR) is 64.8 cm³/mol. The highest BCUT2D eigenvalue weighted by Crippen LogP contribution is 2.49. The number of phosphoric ester groups is 1. The zero-order chi connectivity index (χ0) is 13.0. The summed E-state index contributed by atoms with van der Waals surface area (Å²) >= 11 is 0. The smallest absolute Gasteiger partial charge is 0.303 e. The Bertz CT molecular complexity index is 241. The minimum absolute atomic E-state index is 0. The number of carbonyl (C=O) groups is 3. The largest absolute Gasteiger partial charge is 0.474 e. The van der Waals surface area contributed by atoms with E-state index in [4.69, 9.17) is 13.6 Å². The van der Waals surface area contributed by atoms with Gasteiger partial charge in [-0.25, -0.2) is 4.57 Å². The highest BCUT2D eigenvalue weighted by Gasteiger charge is 2.25. The fraction of sp³-hybridized carbons (Fsp3) is 0.667. The molecule has 0 atom stereocenters. The van der Waals surface area contributed by atoms with Crippen molar-refractivity contribution in [1.29, 1.82) is 0 Å². The van der Waals surface area contributed by atoms with Gasteiger partial charge in [-0.2, -0.15) is 0 Å². The van der Waals surface area contributed by atoms with E-state index in [1.54, 1.807) is 0 Å². The first-order chi connectivity index (χ1) is 8.18. The van der Waals surface area contributed by atoms with E-state index < -0.39 is 7.82 Å². The third kappa shape index (κ3) is 10.6. The van der Waals surface area contributed by atoms with Crippen LogP contribution in [-0.2, 0) is 32.5 Å². The van der Waals surface area contributed by atoms with Gasteiger partial charge in [0.05, 0.1) is 19.8 Å². The van der Waals surface area contributed by atoms with E-state index in [2.05, 4.69) is 0 Å². The lowest BCUT2D eigenvalue weighted by molar-refractivity contribution is -0.108. The SMILES string of the molecule is Cl.O=CCCOP(=O)(OCCC=O)OCCC=O. The number of halogens is 1. The average molecular weight is 303 g/mol. The maximum absolute atomic E-state index is 11.8. The van der Waals surface area contributed by atoms with Gasteiger partial charge in [0.1, 0.15) is 18.9 Å². The molecule has 0 unspecified atom stereocenters. The summed E-state index contributed by atoms with van der Waals surface area (Å²) in [5.41, 5.74) is 0. The quantitative estimate of drug-likeness (QED) is 0.305. The first-order valence-electron chi connectivity index (χ1n) is 5.03. The summed E-state index contributed by atoms with van der Waals surface area (Å²) in [6.45, 7) is -0.325. The molecule has 0 amide bonds. The molecule has 0 fully saturated rings. The van der Waals surface area contributed by atoms with E-state index in [1.165, 1.54) is 0 Å². The second kappa shape index (κ2) is 12.9. The van der Waals surface area contributed by atoms with Crippen molar-refractivity contribution < 1.29 is 32.5 Å². The average Bonchev–Trinajstić information content (AvgIpc) is 2.30. The molecule has 0 spiro atoms. The number of hydrogen-bond acceptors (Lipinski definition) is 7. The van der Waals surface area contributed by atoms with E-state index in [-0.39, 0.29) is 51.5 Å². The molecular weight excluding hydrogens is 287 g/mol. The summed E-state index contributed by atoms with van der Waals surface area (Å²) in [6.07, 6.45) is 1.96. The van der Waals surface area contributed by atoms with Crippen molar-refractivity contribution in [3.63, 3.8) is 0 Å². The van der Waals surface area contributed by atoms with Crippen LogP contribution >= 0.6 is 20.2 Å². The van der Waals surface area contributed by atoms with Crippen molar-refractivity contribution >= 4 is 39.1 Å². The lowest BCUT2D eigenvalue weighted by Crippen LogP contribution is -2.04. The molecule has 0 saturated heterocycles. The van der Waals surface area contributed by atoms with Crippen LogP contribution in [0, 0.1) is 0 Å². The fourth-order valence-electron chi connectivity index (χ4n) is 0.750. The molecule has 0 rings (SSSR count). The highest BCUT2D eigenvalue weighted by molar-refractivity contribution is 7.48. The van der Waals surface area contributed by atoms with Crippen molar-refractivity contribution in [2.75, 3.05) is 19.8 Å². The van der Waals surface area contributed by atoms with Crippen molar-refractivity contribution in [3.8, 4) is 0 Å². The van der Waals surface area contributed by atoms with E-state index in [0.717, 1.165) is 0 Å². The van der Waals surface area contributed by atoms with Gasteiger partial charge < -0.3 is 14.4 Å². The molecule has 0 aliphatic rings. The molecule has 106 valence electrons. The van der Waals surface area contributed by atoms with Crippen molar-refractivity contribution in [3.05, 3.63) is 0 Å². The van der Waals surface area contributed by atoms with Gasteiger partial charge in [0, 0.05) is 19.3 Å². The maximum Gasteiger partial charge on any atom is 0.474 e. The lowest BCUT2D eigenvalue weighted by Gasteiger charge is -2.16. The minimum atomic E-state index is -3.79. The van der Waals surface area contributed by atoms with Crippen molar-refractivity contribution in [2.24, 2.45) is 0 Å². The summed E-state index contributed by atoms with van der Waals surface area (Å²) in [5.74, 6) is 0. The number of phosphoric acid groups is 1. The van der Waals surface area contributed by atoms with Gasteiger partial charge in [0.15, 0.2) is 0 Å². The molecule has 0 saturated carbocycles. The van der Waals surface area contributed by atoms with Gasteiger partial charge in [-0.15, -0.1) is 12.4 Å². The fourth-order valence-corrected chi connectivity index (χ4v) is 1.96. The Morgan fingerprint density at radius 2 is 1.00 bits per heavy atom. The second-order valence-corrected chi connectivity index (χ2v) is 4.48. The van der Waals surface area contributed by atoms with Gasteiger partial charge in [-0.1, -0.05) is 0 Å². The molecule has 0 aromatic rings. The van der Waals surface area contributed by atoms with Gasteiger partial charge in [0.2, 0.25) is 0 Å². The molecule has 0 aliphatic carbocycles. The number of carbonyl (C=O) groups excluding carboxylic acids is 3. The number of hydrogen-bond donors (Lipinski definition) is 0. The Kier molecular flexibility index (Phi) is 14.1. The van der Waals surface area contributed by atoms with E-state index in [0.29, 0.717) is 18.9 Å². The Morgan fingerprint density at radius 1 is 0.722 bits per heavy atom. The molecule has 0 aliphatic heterocycles. The Hall–Kier alpha value is -0.590. The summed E-state index contributed by atoms with van der Waals surface area (Å²) < 4.78 is 26.3. The van der Waals surface area contributed by atoms with Crippen LogP contribution in [0.4, 0.5) is 0 Å². The van der Waals surface area contributed by atoms with Crippen LogP contribution in [0.15, 0.2) is 0 Å². The van der Waals surface area contributed by atoms with E-state index in [9.17, 15) is 18.9 Å². The molecule has 0 N–H and O–H groups in total. The molecule has 0 heterocycles. The molecule has 7 nitrogen and oxygen atoms in total. The minimum Gasteiger partial charge on any atom is -0.303 e. The first kappa shape index (κ1) is 19.7. The summed E-state index contributed by atoms with van der Waals surface area (Å²) in [6, 6.07) is 0. The zero-order valence-electron chi connectivity index (χ0n) is 9.69. The van der Waals surface area contributed by atoms with Crippen molar-refractivity contribution in [2.45, 2.75) is 19.3 Å². The summed E-state index contributed by atoms with van der Waals surface area (Å²) in [5, 5.41) is 0. The molecule has 9 heteroatoms. The van der Waals surface area contributed by atoms with Crippen LogP contribution in [0.1, 0.15) is 19.3 Å². The third-order valence-corrected chi connectivity index (χ3v) is 2.95. The normalized spacial score (nSPS) is 10.4. The highest BCUT2D eigenvalue weighted by atomic mass is 35.5. The summed E-state index contributed by atoms with van der Waals surface area (Å²) in [7, 11) is -3.79. The Balaban J connectivity index is 0. The molecule has 0 aromatic heterocycles. The lowest BCUT2D eigenvalue weighted by atomic mass is 10.5. The van der Waals surface area contributed by atoms with Gasteiger partial charge in [0.25, 0.3) is 0 Å². The van der Waals surface area contributed by atoms with Crippen LogP contribution in [0.25, 0.3) is 0 Å². The predicted octanol–water partition coefficient (Wildman–Crippen LogP) is 1.33.